The molecule has 0 spiro atoms. The molecule has 11 heavy (non-hydrogen) atoms. The molecule has 1 heterocycles. The van der Waals surface area contributed by atoms with Crippen LogP contribution in [0.5, 0.6) is 0 Å². The first kappa shape index (κ1) is 7.35. The van der Waals surface area contributed by atoms with E-state index >= 15 is 0 Å². The van der Waals surface area contributed by atoms with E-state index < -0.39 is 0 Å². The number of nitroso groups, excluding NO2 is 1. The summed E-state index contributed by atoms with van der Waals surface area (Å²) in [7, 11) is 0. The summed E-state index contributed by atoms with van der Waals surface area (Å²) in [6, 6.07) is 3.30. The minimum Gasteiger partial charge on any atom is -0.243 e. The lowest BCUT2D eigenvalue weighted by atomic mass is 10.2. The van der Waals surface area contributed by atoms with Crippen molar-refractivity contribution in [2.24, 2.45) is 5.18 Å². The van der Waals surface area contributed by atoms with Crippen LogP contribution in [0.15, 0.2) is 17.4 Å². The molecule has 0 amide bonds. The van der Waals surface area contributed by atoms with Crippen molar-refractivity contribution in [3.63, 3.8) is 0 Å². The number of hydrogen-bond acceptors (Lipinski definition) is 4. The van der Waals surface area contributed by atoms with Crippen molar-refractivity contribution in [1.82, 2.24) is 4.98 Å². The second-order valence-corrected chi connectivity index (χ2v) is 2.08. The Morgan fingerprint density at radius 1 is 1.73 bits per heavy atom. The lowest BCUT2D eigenvalue weighted by Crippen LogP contribution is -1.83. The van der Waals surface area contributed by atoms with E-state index in [2.05, 4.69) is 10.2 Å². The minimum absolute atomic E-state index is 0.0746. The largest absolute Gasteiger partial charge is 0.243 e. The maximum absolute atomic E-state index is 10.1. The number of aromatic nitrogens is 1. The Morgan fingerprint density at radius 2 is 2.45 bits per heavy atom. The van der Waals surface area contributed by atoms with E-state index in [1.54, 1.807) is 13.0 Å². The third kappa shape index (κ3) is 1.38. The van der Waals surface area contributed by atoms with Gasteiger partial charge in [-0.05, 0) is 23.7 Å². The molecule has 0 unspecified atom stereocenters. The average molecular weight is 147 g/mol. The van der Waals surface area contributed by atoms with Gasteiger partial charge in [-0.15, -0.1) is 4.91 Å². The number of nitriles is 1. The van der Waals surface area contributed by atoms with Gasteiger partial charge in [0.2, 0.25) is 0 Å². The zero-order valence-electron chi connectivity index (χ0n) is 5.90. The van der Waals surface area contributed by atoms with Gasteiger partial charge in [-0.25, -0.2) is 4.98 Å². The summed E-state index contributed by atoms with van der Waals surface area (Å²) in [6.45, 7) is 1.78. The molecule has 0 aliphatic rings. The maximum atomic E-state index is 10.1. The van der Waals surface area contributed by atoms with E-state index in [1.165, 1.54) is 12.3 Å². The van der Waals surface area contributed by atoms with E-state index in [4.69, 9.17) is 5.26 Å². The van der Waals surface area contributed by atoms with Crippen LogP contribution in [0.25, 0.3) is 0 Å². The number of pyridine rings is 1. The molecule has 0 saturated carbocycles. The SMILES string of the molecule is Cc1cnc(C#N)c(N=O)c1. The van der Waals surface area contributed by atoms with Crippen LogP contribution in [0.1, 0.15) is 11.3 Å². The molecule has 0 aromatic carbocycles. The highest BCUT2D eigenvalue weighted by Gasteiger charge is 2.02. The Hall–Kier alpha value is -1.76. The van der Waals surface area contributed by atoms with Crippen LogP contribution >= 0.6 is 0 Å². The molecular formula is C7H5N3O. The van der Waals surface area contributed by atoms with Gasteiger partial charge >= 0.3 is 0 Å². The first-order valence-electron chi connectivity index (χ1n) is 2.98. The molecule has 0 aliphatic carbocycles. The van der Waals surface area contributed by atoms with E-state index in [1.807, 2.05) is 0 Å². The molecule has 0 radical (unpaired) electrons. The highest BCUT2D eigenvalue weighted by Crippen LogP contribution is 2.16. The normalized spacial score (nSPS) is 8.73. The first-order valence-corrected chi connectivity index (χ1v) is 2.98. The molecule has 0 saturated heterocycles. The molecule has 0 aliphatic heterocycles. The molecule has 4 heteroatoms. The highest BCUT2D eigenvalue weighted by atomic mass is 16.3. The van der Waals surface area contributed by atoms with Gasteiger partial charge in [0.05, 0.1) is 0 Å². The minimum atomic E-state index is 0.0746. The van der Waals surface area contributed by atoms with Gasteiger partial charge in [-0.2, -0.15) is 5.26 Å². The Labute approximate surface area is 63.5 Å². The summed E-state index contributed by atoms with van der Waals surface area (Å²) in [6.07, 6.45) is 1.52. The smallest absolute Gasteiger partial charge is 0.169 e. The van der Waals surface area contributed by atoms with Gasteiger partial charge in [0.1, 0.15) is 11.8 Å². The summed E-state index contributed by atoms with van der Waals surface area (Å²) in [5.41, 5.74) is 0.997. The standard InChI is InChI=1S/C7H5N3O/c1-5-2-6(10-11)7(3-8)9-4-5/h2,4H,1H3. The second kappa shape index (κ2) is 2.88. The summed E-state index contributed by atoms with van der Waals surface area (Å²) in [5.74, 6) is 0. The van der Waals surface area contributed by atoms with Crippen molar-refractivity contribution in [2.75, 3.05) is 0 Å². The number of rotatable bonds is 1. The maximum Gasteiger partial charge on any atom is 0.169 e. The van der Waals surface area contributed by atoms with Gasteiger partial charge in [-0.3, -0.25) is 0 Å². The number of hydrogen-bond donors (Lipinski definition) is 0. The fraction of sp³-hybridized carbons (Fsp3) is 0.143. The molecule has 0 fully saturated rings. The monoisotopic (exact) mass is 147 g/mol. The van der Waals surface area contributed by atoms with E-state index in [-0.39, 0.29) is 11.4 Å². The Balaban J connectivity index is 3.30. The third-order valence-corrected chi connectivity index (χ3v) is 1.21. The van der Waals surface area contributed by atoms with Crippen molar-refractivity contribution >= 4 is 5.69 Å². The van der Waals surface area contributed by atoms with Gasteiger partial charge in [0, 0.05) is 6.20 Å². The zero-order chi connectivity index (χ0) is 8.27. The van der Waals surface area contributed by atoms with E-state index in [0.29, 0.717) is 0 Å². The van der Waals surface area contributed by atoms with Crippen LogP contribution in [0.3, 0.4) is 0 Å². The van der Waals surface area contributed by atoms with Crippen molar-refractivity contribution < 1.29 is 0 Å². The fourth-order valence-corrected chi connectivity index (χ4v) is 0.710. The quantitative estimate of drug-likeness (QED) is 0.567. The molecule has 54 valence electrons. The van der Waals surface area contributed by atoms with Crippen molar-refractivity contribution in [3.05, 3.63) is 28.4 Å². The lowest BCUT2D eigenvalue weighted by Gasteiger charge is -1.93. The second-order valence-electron chi connectivity index (χ2n) is 2.08. The Bertz CT molecular complexity index is 327. The Kier molecular flexibility index (Phi) is 1.93. The Morgan fingerprint density at radius 3 is 3.00 bits per heavy atom. The van der Waals surface area contributed by atoms with Gasteiger partial charge < -0.3 is 0 Å². The number of nitrogens with zero attached hydrogens (tertiary/aromatic N) is 3. The van der Waals surface area contributed by atoms with Crippen LogP contribution in [-0.4, -0.2) is 4.98 Å². The molecule has 4 nitrogen and oxygen atoms in total. The molecule has 0 bridgehead atoms. The predicted octanol–water partition coefficient (Wildman–Crippen LogP) is 1.66. The molecular weight excluding hydrogens is 142 g/mol. The summed E-state index contributed by atoms with van der Waals surface area (Å²) in [4.78, 5) is 13.8. The molecule has 0 atom stereocenters. The van der Waals surface area contributed by atoms with Crippen LogP contribution in [0.2, 0.25) is 0 Å². The zero-order valence-corrected chi connectivity index (χ0v) is 5.90. The molecule has 0 N–H and O–H groups in total. The van der Waals surface area contributed by atoms with E-state index in [0.717, 1.165) is 5.56 Å². The molecule has 1 aromatic rings. The first-order chi connectivity index (χ1) is 5.27. The van der Waals surface area contributed by atoms with Crippen LogP contribution in [0.4, 0.5) is 5.69 Å². The summed E-state index contributed by atoms with van der Waals surface area (Å²) >= 11 is 0. The molecule has 1 rings (SSSR count). The van der Waals surface area contributed by atoms with Crippen LogP contribution < -0.4 is 0 Å². The van der Waals surface area contributed by atoms with Gasteiger partial charge in [0.25, 0.3) is 0 Å². The van der Waals surface area contributed by atoms with Gasteiger partial charge in [0.15, 0.2) is 5.69 Å². The van der Waals surface area contributed by atoms with E-state index in [9.17, 15) is 4.91 Å². The van der Waals surface area contributed by atoms with Crippen LogP contribution in [-0.2, 0) is 0 Å². The average Bonchev–Trinajstić information content (AvgIpc) is 2.04. The number of aryl methyl sites for hydroxylation is 1. The fourth-order valence-electron chi connectivity index (χ4n) is 0.710. The highest BCUT2D eigenvalue weighted by molar-refractivity contribution is 5.49. The van der Waals surface area contributed by atoms with Crippen molar-refractivity contribution in [1.29, 1.82) is 5.26 Å². The van der Waals surface area contributed by atoms with Crippen molar-refractivity contribution in [2.45, 2.75) is 6.92 Å². The van der Waals surface area contributed by atoms with Gasteiger partial charge in [-0.1, -0.05) is 0 Å². The summed E-state index contributed by atoms with van der Waals surface area (Å²) in [5, 5.41) is 11.1. The van der Waals surface area contributed by atoms with Crippen LogP contribution in [0, 0.1) is 23.2 Å². The lowest BCUT2D eigenvalue weighted by molar-refractivity contribution is 1.21. The topological polar surface area (TPSA) is 66.1 Å². The third-order valence-electron chi connectivity index (χ3n) is 1.21. The molecule has 1 aromatic heterocycles. The van der Waals surface area contributed by atoms with Crippen molar-refractivity contribution in [3.8, 4) is 6.07 Å². The predicted molar refractivity (Wildman–Crippen MR) is 39.1 cm³/mol. The summed E-state index contributed by atoms with van der Waals surface area (Å²) < 4.78 is 0.